The van der Waals surface area contributed by atoms with Crippen LogP contribution in [0.4, 0.5) is 5.69 Å². The van der Waals surface area contributed by atoms with Gasteiger partial charge in [0, 0.05) is 38.3 Å². The molecule has 2 fully saturated rings. The molecule has 2 unspecified atom stereocenters. The van der Waals surface area contributed by atoms with Crippen LogP contribution in [0.3, 0.4) is 0 Å². The molecule has 2 atom stereocenters. The molecule has 2 saturated heterocycles. The Balaban J connectivity index is 1.19. The van der Waals surface area contributed by atoms with Gasteiger partial charge in [-0.1, -0.05) is 49.7 Å². The second-order valence-corrected chi connectivity index (χ2v) is 10.9. The second-order valence-electron chi connectivity index (χ2n) is 10.9. The number of anilines is 1. The van der Waals surface area contributed by atoms with Gasteiger partial charge >= 0.3 is 0 Å². The van der Waals surface area contributed by atoms with Gasteiger partial charge in [-0.3, -0.25) is 4.90 Å². The summed E-state index contributed by atoms with van der Waals surface area (Å²) in [6.45, 7) is 8.21. The smallest absolute Gasteiger partial charge is 0.199 e. The Bertz CT molecular complexity index is 1170. The van der Waals surface area contributed by atoms with Gasteiger partial charge in [0.15, 0.2) is 6.29 Å². The largest absolute Gasteiger partial charge is 0.492 e. The molecule has 0 saturated carbocycles. The first-order valence-electron chi connectivity index (χ1n) is 14.4. The van der Waals surface area contributed by atoms with E-state index in [1.165, 1.54) is 48.3 Å². The van der Waals surface area contributed by atoms with Crippen LogP contribution < -0.4 is 14.4 Å². The van der Waals surface area contributed by atoms with Gasteiger partial charge in [0.25, 0.3) is 0 Å². The average molecular weight is 513 g/mol. The molecule has 0 bridgehead atoms. The van der Waals surface area contributed by atoms with Gasteiger partial charge in [0.05, 0.1) is 12.6 Å². The number of hydrogen-bond donors (Lipinski definition) is 0. The molecule has 5 heteroatoms. The Labute approximate surface area is 227 Å². The van der Waals surface area contributed by atoms with E-state index >= 15 is 0 Å². The Kier molecular flexibility index (Phi) is 7.84. The summed E-state index contributed by atoms with van der Waals surface area (Å²) in [6, 6.07) is 26.3. The fraction of sp³-hybridized carbons (Fsp3) is 0.455. The lowest BCUT2D eigenvalue weighted by molar-refractivity contribution is -0.105. The molecule has 3 aromatic rings. The van der Waals surface area contributed by atoms with Gasteiger partial charge in [0.2, 0.25) is 0 Å². The van der Waals surface area contributed by atoms with E-state index in [-0.39, 0.29) is 12.3 Å². The molecule has 5 nitrogen and oxygen atoms in total. The highest BCUT2D eigenvalue weighted by atomic mass is 16.7. The molecule has 0 aromatic heterocycles. The van der Waals surface area contributed by atoms with Crippen LogP contribution in [0.25, 0.3) is 0 Å². The standard InChI is InChI=1S/C33H40N2O3/c1-2-25-23-34(24-25)19-21-36-29-13-11-26(12-14-29)33-31-16-15-30(38-32-10-6-7-20-37-32)22-27(31)17-18-35(33)28-8-4-3-5-9-28/h3-5,8-9,11-16,22,25,32-33H,2,6-7,10,17-21,23-24H2,1H3. The highest BCUT2D eigenvalue weighted by Crippen LogP contribution is 2.40. The minimum atomic E-state index is -0.122. The van der Waals surface area contributed by atoms with Gasteiger partial charge in [-0.05, 0) is 78.3 Å². The van der Waals surface area contributed by atoms with Gasteiger partial charge < -0.3 is 19.1 Å². The van der Waals surface area contributed by atoms with E-state index in [4.69, 9.17) is 14.2 Å². The van der Waals surface area contributed by atoms with Crippen molar-refractivity contribution >= 4 is 5.69 Å². The molecule has 3 aromatic carbocycles. The number of fused-ring (bicyclic) bond motifs is 1. The summed E-state index contributed by atoms with van der Waals surface area (Å²) >= 11 is 0. The first-order chi connectivity index (χ1) is 18.8. The van der Waals surface area contributed by atoms with Crippen LogP contribution in [0.15, 0.2) is 72.8 Å². The molecule has 0 spiro atoms. The summed E-state index contributed by atoms with van der Waals surface area (Å²) in [4.78, 5) is 5.01. The minimum Gasteiger partial charge on any atom is -0.492 e. The van der Waals surface area contributed by atoms with Crippen LogP contribution >= 0.6 is 0 Å². The van der Waals surface area contributed by atoms with Crippen LogP contribution in [0, 0.1) is 5.92 Å². The van der Waals surface area contributed by atoms with Crippen LogP contribution in [0.2, 0.25) is 0 Å². The van der Waals surface area contributed by atoms with Crippen molar-refractivity contribution in [3.8, 4) is 11.5 Å². The first-order valence-corrected chi connectivity index (χ1v) is 14.4. The molecule has 38 heavy (non-hydrogen) atoms. The van der Waals surface area contributed by atoms with Crippen LogP contribution in [-0.4, -0.2) is 50.6 Å². The number of para-hydroxylation sites is 1. The number of benzene rings is 3. The predicted molar refractivity (Wildman–Crippen MR) is 152 cm³/mol. The summed E-state index contributed by atoms with van der Waals surface area (Å²) in [5, 5.41) is 0. The van der Waals surface area contributed by atoms with Crippen molar-refractivity contribution in [3.05, 3.63) is 89.5 Å². The van der Waals surface area contributed by atoms with E-state index in [1.807, 2.05) is 0 Å². The number of rotatable bonds is 9. The van der Waals surface area contributed by atoms with E-state index in [0.717, 1.165) is 63.0 Å². The normalized spacial score (nSPS) is 22.0. The molecule has 6 rings (SSSR count). The molecular formula is C33H40N2O3. The van der Waals surface area contributed by atoms with Crippen molar-refractivity contribution in [2.75, 3.05) is 44.3 Å². The summed E-state index contributed by atoms with van der Waals surface area (Å²) in [5.41, 5.74) is 5.23. The third kappa shape index (κ3) is 5.69. The molecule has 0 aliphatic carbocycles. The van der Waals surface area contributed by atoms with E-state index < -0.39 is 0 Å². The van der Waals surface area contributed by atoms with Crippen molar-refractivity contribution in [2.45, 2.75) is 51.4 Å². The topological polar surface area (TPSA) is 34.2 Å². The van der Waals surface area contributed by atoms with E-state index in [2.05, 4.69) is 89.5 Å². The average Bonchev–Trinajstić information content (AvgIpc) is 2.95. The van der Waals surface area contributed by atoms with Crippen LogP contribution in [-0.2, 0) is 11.2 Å². The third-order valence-electron chi connectivity index (χ3n) is 8.32. The van der Waals surface area contributed by atoms with E-state index in [0.29, 0.717) is 0 Å². The number of hydrogen-bond acceptors (Lipinski definition) is 5. The van der Waals surface area contributed by atoms with Gasteiger partial charge in [0.1, 0.15) is 18.1 Å². The maximum absolute atomic E-state index is 6.21. The zero-order valence-corrected chi connectivity index (χ0v) is 22.6. The summed E-state index contributed by atoms with van der Waals surface area (Å²) in [5.74, 6) is 2.74. The first kappa shape index (κ1) is 25.3. The Hall–Kier alpha value is -3.02. The monoisotopic (exact) mass is 512 g/mol. The Morgan fingerprint density at radius 1 is 0.921 bits per heavy atom. The summed E-state index contributed by atoms with van der Waals surface area (Å²) < 4.78 is 18.1. The molecular weight excluding hydrogens is 472 g/mol. The maximum Gasteiger partial charge on any atom is 0.199 e. The molecule has 0 N–H and O–H groups in total. The van der Waals surface area contributed by atoms with Crippen LogP contribution in [0.1, 0.15) is 55.3 Å². The van der Waals surface area contributed by atoms with E-state index in [1.54, 1.807) is 0 Å². The SMILES string of the molecule is CCC1CN(CCOc2ccc(C3c4ccc(OC5CCCCO5)cc4CCN3c3ccccc3)cc2)C1. The zero-order chi connectivity index (χ0) is 25.7. The van der Waals surface area contributed by atoms with Crippen molar-refractivity contribution in [3.63, 3.8) is 0 Å². The minimum absolute atomic E-state index is 0.122. The quantitative estimate of drug-likeness (QED) is 0.329. The van der Waals surface area contributed by atoms with Crippen LogP contribution in [0.5, 0.6) is 11.5 Å². The zero-order valence-electron chi connectivity index (χ0n) is 22.6. The van der Waals surface area contributed by atoms with Crippen molar-refractivity contribution < 1.29 is 14.2 Å². The van der Waals surface area contributed by atoms with Crippen molar-refractivity contribution in [1.29, 1.82) is 0 Å². The molecule has 0 radical (unpaired) electrons. The van der Waals surface area contributed by atoms with Crippen molar-refractivity contribution in [2.24, 2.45) is 5.92 Å². The van der Waals surface area contributed by atoms with Gasteiger partial charge in [-0.25, -0.2) is 0 Å². The molecule has 0 amide bonds. The van der Waals surface area contributed by atoms with Gasteiger partial charge in [-0.2, -0.15) is 0 Å². The highest BCUT2D eigenvalue weighted by molar-refractivity contribution is 5.57. The van der Waals surface area contributed by atoms with Gasteiger partial charge in [-0.15, -0.1) is 0 Å². The molecule has 3 heterocycles. The van der Waals surface area contributed by atoms with E-state index in [9.17, 15) is 0 Å². The lowest BCUT2D eigenvalue weighted by Crippen LogP contribution is -2.47. The predicted octanol–water partition coefficient (Wildman–Crippen LogP) is 6.46. The Morgan fingerprint density at radius 2 is 1.74 bits per heavy atom. The fourth-order valence-corrected chi connectivity index (χ4v) is 6.05. The maximum atomic E-state index is 6.21. The molecule has 200 valence electrons. The lowest BCUT2D eigenvalue weighted by atomic mass is 9.87. The molecule has 3 aliphatic heterocycles. The Morgan fingerprint density at radius 3 is 2.50 bits per heavy atom. The fourth-order valence-electron chi connectivity index (χ4n) is 6.05. The van der Waals surface area contributed by atoms with Crippen molar-refractivity contribution in [1.82, 2.24) is 4.90 Å². The number of nitrogens with zero attached hydrogens (tertiary/aromatic N) is 2. The summed E-state index contributed by atoms with van der Waals surface area (Å²) in [6.07, 6.45) is 5.41. The lowest BCUT2D eigenvalue weighted by Gasteiger charge is -2.40. The highest BCUT2D eigenvalue weighted by Gasteiger charge is 2.30. The number of likely N-dealkylation sites (tertiary alicyclic amines) is 1. The number of ether oxygens (including phenoxy) is 3. The molecule has 3 aliphatic rings. The third-order valence-corrected chi connectivity index (χ3v) is 8.32. The second kappa shape index (κ2) is 11.8. The summed E-state index contributed by atoms with van der Waals surface area (Å²) in [7, 11) is 0.